The maximum Gasteiger partial charge on any atom is 0.194 e. The van der Waals surface area contributed by atoms with Crippen LogP contribution in [0.3, 0.4) is 0 Å². The molecule has 142 valence electrons. The SMILES string of the molecule is CCNC(=NCC(C)c1cccs1)N1CCN(c2ccccn2)CC1.I. The van der Waals surface area contributed by atoms with Crippen LogP contribution in [-0.4, -0.2) is 55.1 Å². The Morgan fingerprint density at radius 1 is 1.23 bits per heavy atom. The van der Waals surface area contributed by atoms with Gasteiger partial charge in [-0.3, -0.25) is 4.99 Å². The van der Waals surface area contributed by atoms with Crippen molar-refractivity contribution < 1.29 is 0 Å². The summed E-state index contributed by atoms with van der Waals surface area (Å²) in [6.45, 7) is 9.98. The number of thiophene rings is 1. The van der Waals surface area contributed by atoms with E-state index < -0.39 is 0 Å². The molecule has 1 N–H and O–H groups in total. The number of anilines is 1. The lowest BCUT2D eigenvalue weighted by Crippen LogP contribution is -2.52. The van der Waals surface area contributed by atoms with Crippen LogP contribution < -0.4 is 10.2 Å². The van der Waals surface area contributed by atoms with Gasteiger partial charge in [-0.1, -0.05) is 19.1 Å². The zero-order valence-electron chi connectivity index (χ0n) is 15.5. The molecule has 0 saturated carbocycles. The topological polar surface area (TPSA) is 43.8 Å². The molecule has 26 heavy (non-hydrogen) atoms. The third kappa shape index (κ3) is 5.57. The third-order valence-corrected chi connectivity index (χ3v) is 5.54. The lowest BCUT2D eigenvalue weighted by Gasteiger charge is -2.37. The molecule has 3 rings (SSSR count). The van der Waals surface area contributed by atoms with Gasteiger partial charge >= 0.3 is 0 Å². The number of hydrogen-bond donors (Lipinski definition) is 1. The molecule has 2 aromatic heterocycles. The molecule has 1 fully saturated rings. The number of halogens is 1. The van der Waals surface area contributed by atoms with Gasteiger partial charge in [-0.25, -0.2) is 4.98 Å². The quantitative estimate of drug-likeness (QED) is 0.399. The summed E-state index contributed by atoms with van der Waals surface area (Å²) in [7, 11) is 0. The van der Waals surface area contributed by atoms with Crippen molar-refractivity contribution in [3.63, 3.8) is 0 Å². The van der Waals surface area contributed by atoms with E-state index in [2.05, 4.69) is 57.5 Å². The molecular formula is C19H28IN5S. The fourth-order valence-corrected chi connectivity index (χ4v) is 3.78. The Bertz CT molecular complexity index is 654. The molecule has 7 heteroatoms. The van der Waals surface area contributed by atoms with E-state index in [1.54, 1.807) is 0 Å². The molecule has 5 nitrogen and oxygen atoms in total. The smallest absolute Gasteiger partial charge is 0.194 e. The van der Waals surface area contributed by atoms with E-state index in [1.807, 2.05) is 29.7 Å². The van der Waals surface area contributed by atoms with Gasteiger partial charge in [0.1, 0.15) is 5.82 Å². The van der Waals surface area contributed by atoms with E-state index >= 15 is 0 Å². The second-order valence-corrected chi connectivity index (χ2v) is 7.25. The molecule has 1 atom stereocenters. The van der Waals surface area contributed by atoms with Crippen LogP contribution in [0.4, 0.5) is 5.82 Å². The summed E-state index contributed by atoms with van der Waals surface area (Å²) >= 11 is 1.81. The molecule has 0 aromatic carbocycles. The summed E-state index contributed by atoms with van der Waals surface area (Å²) in [5.74, 6) is 2.56. The normalized spacial score (nSPS) is 16.2. The van der Waals surface area contributed by atoms with Crippen LogP contribution in [0.25, 0.3) is 0 Å². The molecule has 1 saturated heterocycles. The van der Waals surface area contributed by atoms with Crippen LogP contribution in [-0.2, 0) is 0 Å². The Labute approximate surface area is 177 Å². The average molecular weight is 485 g/mol. The number of rotatable bonds is 5. The summed E-state index contributed by atoms with van der Waals surface area (Å²) in [6.07, 6.45) is 1.86. The maximum atomic E-state index is 4.89. The standard InChI is InChI=1S/C19H27N5S.HI/c1-3-20-19(22-15-16(2)17-7-6-14-25-17)24-12-10-23(11-13-24)18-8-4-5-9-21-18;/h4-9,14,16H,3,10-13,15H2,1-2H3,(H,20,22);1H. The largest absolute Gasteiger partial charge is 0.357 e. The number of nitrogens with one attached hydrogen (secondary N) is 1. The first-order chi connectivity index (χ1) is 12.3. The number of piperazine rings is 1. The number of hydrogen-bond acceptors (Lipinski definition) is 4. The summed E-state index contributed by atoms with van der Waals surface area (Å²) < 4.78 is 0. The van der Waals surface area contributed by atoms with Crippen molar-refractivity contribution in [1.82, 2.24) is 15.2 Å². The van der Waals surface area contributed by atoms with E-state index in [0.29, 0.717) is 5.92 Å². The maximum absolute atomic E-state index is 4.89. The van der Waals surface area contributed by atoms with Crippen LogP contribution in [0.5, 0.6) is 0 Å². The van der Waals surface area contributed by atoms with Crippen LogP contribution in [0, 0.1) is 0 Å². The monoisotopic (exact) mass is 485 g/mol. The Morgan fingerprint density at radius 3 is 2.65 bits per heavy atom. The number of pyridine rings is 1. The van der Waals surface area contributed by atoms with Gasteiger partial charge in [0.25, 0.3) is 0 Å². The highest BCUT2D eigenvalue weighted by Crippen LogP contribution is 2.21. The van der Waals surface area contributed by atoms with Gasteiger partial charge in [-0.05, 0) is 30.5 Å². The fraction of sp³-hybridized carbons (Fsp3) is 0.474. The number of guanidine groups is 1. The predicted molar refractivity (Wildman–Crippen MR) is 122 cm³/mol. The van der Waals surface area contributed by atoms with Crippen molar-refractivity contribution in [2.75, 3.05) is 44.2 Å². The zero-order valence-corrected chi connectivity index (χ0v) is 18.6. The predicted octanol–water partition coefficient (Wildman–Crippen LogP) is 3.65. The van der Waals surface area contributed by atoms with Gasteiger partial charge in [-0.2, -0.15) is 0 Å². The van der Waals surface area contributed by atoms with Crippen LogP contribution in [0.1, 0.15) is 24.6 Å². The molecule has 0 bridgehead atoms. The number of aliphatic imine (C=N–C) groups is 1. The first kappa shape index (κ1) is 21.0. The molecule has 3 heterocycles. The summed E-state index contributed by atoms with van der Waals surface area (Å²) in [5.41, 5.74) is 0. The second-order valence-electron chi connectivity index (χ2n) is 6.27. The Morgan fingerprint density at radius 2 is 2.04 bits per heavy atom. The number of aromatic nitrogens is 1. The van der Waals surface area contributed by atoms with Gasteiger partial charge < -0.3 is 15.1 Å². The van der Waals surface area contributed by atoms with Gasteiger partial charge in [0.15, 0.2) is 5.96 Å². The summed E-state index contributed by atoms with van der Waals surface area (Å²) in [4.78, 5) is 15.5. The van der Waals surface area contributed by atoms with Crippen LogP contribution in [0.2, 0.25) is 0 Å². The molecule has 2 aromatic rings. The van der Waals surface area contributed by atoms with E-state index in [1.165, 1.54) is 4.88 Å². The molecule has 0 amide bonds. The van der Waals surface area contributed by atoms with Crippen molar-refractivity contribution in [3.05, 3.63) is 46.8 Å². The van der Waals surface area contributed by atoms with Crippen molar-refractivity contribution in [3.8, 4) is 0 Å². The lowest BCUT2D eigenvalue weighted by atomic mass is 10.1. The van der Waals surface area contributed by atoms with E-state index in [9.17, 15) is 0 Å². The van der Waals surface area contributed by atoms with Crippen molar-refractivity contribution in [2.24, 2.45) is 4.99 Å². The minimum absolute atomic E-state index is 0. The lowest BCUT2D eigenvalue weighted by molar-refractivity contribution is 0.371. The third-order valence-electron chi connectivity index (χ3n) is 4.43. The minimum atomic E-state index is 0. The van der Waals surface area contributed by atoms with Gasteiger partial charge in [0.05, 0.1) is 6.54 Å². The highest BCUT2D eigenvalue weighted by atomic mass is 127. The van der Waals surface area contributed by atoms with E-state index in [0.717, 1.165) is 51.0 Å². The molecule has 0 radical (unpaired) electrons. The molecule has 1 aliphatic rings. The highest BCUT2D eigenvalue weighted by molar-refractivity contribution is 14.0. The molecule has 1 unspecified atom stereocenters. The zero-order chi connectivity index (χ0) is 17.5. The van der Waals surface area contributed by atoms with Gasteiger partial charge in [0, 0.05) is 49.7 Å². The molecule has 0 spiro atoms. The molecular weight excluding hydrogens is 457 g/mol. The van der Waals surface area contributed by atoms with E-state index in [4.69, 9.17) is 4.99 Å². The minimum Gasteiger partial charge on any atom is -0.357 e. The first-order valence-corrected chi connectivity index (χ1v) is 9.88. The summed E-state index contributed by atoms with van der Waals surface area (Å²) in [6, 6.07) is 10.4. The number of nitrogens with zero attached hydrogens (tertiary/aromatic N) is 4. The van der Waals surface area contributed by atoms with E-state index in [-0.39, 0.29) is 24.0 Å². The Kier molecular flexibility index (Phi) is 8.64. The second kappa shape index (κ2) is 10.7. The van der Waals surface area contributed by atoms with Crippen LogP contribution in [0.15, 0.2) is 46.9 Å². The van der Waals surface area contributed by atoms with Gasteiger partial charge in [0.2, 0.25) is 0 Å². The fourth-order valence-electron chi connectivity index (χ4n) is 3.00. The van der Waals surface area contributed by atoms with Crippen molar-refractivity contribution in [1.29, 1.82) is 0 Å². The highest BCUT2D eigenvalue weighted by Gasteiger charge is 2.20. The first-order valence-electron chi connectivity index (χ1n) is 9.00. The van der Waals surface area contributed by atoms with Crippen molar-refractivity contribution in [2.45, 2.75) is 19.8 Å². The average Bonchev–Trinajstić information content (AvgIpc) is 3.21. The Balaban J connectivity index is 0.00000243. The summed E-state index contributed by atoms with van der Waals surface area (Å²) in [5, 5.41) is 5.59. The van der Waals surface area contributed by atoms with Crippen LogP contribution >= 0.6 is 35.3 Å². The van der Waals surface area contributed by atoms with Crippen molar-refractivity contribution >= 4 is 47.1 Å². The Hall–Kier alpha value is -1.35. The molecule has 1 aliphatic heterocycles. The van der Waals surface area contributed by atoms with Gasteiger partial charge in [-0.15, -0.1) is 35.3 Å². The molecule has 0 aliphatic carbocycles.